The third-order valence-electron chi connectivity index (χ3n) is 4.11. The first kappa shape index (κ1) is 19.6. The second-order valence-electron chi connectivity index (χ2n) is 6.29. The molecule has 2 rings (SSSR count). The number of hydrogen-bond acceptors (Lipinski definition) is 3. The Bertz CT molecular complexity index is 712. The monoisotopic (exact) mass is 358 g/mol. The summed E-state index contributed by atoms with van der Waals surface area (Å²) in [6.07, 6.45) is 3.10. The number of aryl methyl sites for hydroxylation is 2. The first-order valence-electron chi connectivity index (χ1n) is 8.63. The summed E-state index contributed by atoms with van der Waals surface area (Å²) in [4.78, 5) is 11.5. The first-order chi connectivity index (χ1) is 12.1. The van der Waals surface area contributed by atoms with Crippen molar-refractivity contribution >= 4 is 20.2 Å². The maximum absolute atomic E-state index is 11.5. The van der Waals surface area contributed by atoms with Crippen LogP contribution in [0.15, 0.2) is 36.4 Å². The molecular weight excluding hydrogens is 331 g/mol. The van der Waals surface area contributed by atoms with Gasteiger partial charge in [0.1, 0.15) is 5.75 Å². The fraction of sp³-hybridized carbons (Fsp3) is 0.381. The van der Waals surface area contributed by atoms with Gasteiger partial charge in [0.2, 0.25) is 0 Å². The molecule has 3 nitrogen and oxygen atoms in total. The molecule has 0 spiro atoms. The number of ether oxygens (including phenoxy) is 2. The van der Waals surface area contributed by atoms with Crippen molar-refractivity contribution in [3.63, 3.8) is 0 Å². The van der Waals surface area contributed by atoms with Crippen molar-refractivity contribution in [2.45, 2.75) is 39.3 Å². The van der Waals surface area contributed by atoms with E-state index in [1.807, 2.05) is 19.1 Å². The van der Waals surface area contributed by atoms with Crippen molar-refractivity contribution in [1.82, 2.24) is 0 Å². The number of benzene rings is 2. The third-order valence-corrected chi connectivity index (χ3v) is 5.83. The molecule has 0 saturated heterocycles. The Morgan fingerprint density at radius 3 is 2.52 bits per heavy atom. The van der Waals surface area contributed by atoms with E-state index in [-0.39, 0.29) is 6.79 Å². The zero-order valence-corrected chi connectivity index (χ0v) is 16.5. The number of hydrogen-bond donors (Lipinski definition) is 0. The Labute approximate surface area is 152 Å². The van der Waals surface area contributed by atoms with Crippen LogP contribution in [0.4, 0.5) is 0 Å². The van der Waals surface area contributed by atoms with Crippen LogP contribution in [0.3, 0.4) is 0 Å². The molecule has 0 radical (unpaired) electrons. The van der Waals surface area contributed by atoms with Crippen LogP contribution in [0.2, 0.25) is 0 Å². The highest BCUT2D eigenvalue weighted by molar-refractivity contribution is 7.47. The van der Waals surface area contributed by atoms with Gasteiger partial charge >= 0.3 is 0 Å². The summed E-state index contributed by atoms with van der Waals surface area (Å²) in [6.45, 7) is 6.54. The van der Waals surface area contributed by atoms with Gasteiger partial charge in [-0.3, -0.25) is 4.79 Å². The molecule has 0 aliphatic rings. The average Bonchev–Trinajstić information content (AvgIpc) is 2.61. The summed E-state index contributed by atoms with van der Waals surface area (Å²) in [5, 5.41) is 1.12. The maximum atomic E-state index is 11.5. The Morgan fingerprint density at radius 1 is 1.12 bits per heavy atom. The van der Waals surface area contributed by atoms with E-state index in [0.29, 0.717) is 14.2 Å². The lowest BCUT2D eigenvalue weighted by molar-refractivity contribution is 0.0503. The minimum atomic E-state index is 0.238. The van der Waals surface area contributed by atoms with Gasteiger partial charge in [0.05, 0.1) is 0 Å². The highest BCUT2D eigenvalue weighted by Crippen LogP contribution is 2.43. The van der Waals surface area contributed by atoms with Gasteiger partial charge in [-0.15, -0.1) is 0 Å². The molecular formula is C21H27O3P. The predicted octanol–water partition coefficient (Wildman–Crippen LogP) is 4.94. The molecule has 0 aromatic heterocycles. The van der Waals surface area contributed by atoms with Crippen molar-refractivity contribution < 1.29 is 14.3 Å². The molecule has 2 atom stereocenters. The Morgan fingerprint density at radius 2 is 1.84 bits per heavy atom. The number of rotatable bonds is 9. The van der Waals surface area contributed by atoms with Crippen molar-refractivity contribution in [3.8, 4) is 5.75 Å². The Kier molecular flexibility index (Phi) is 7.61. The summed E-state index contributed by atoms with van der Waals surface area (Å²) in [7, 11) is 2.15. The molecule has 0 N–H and O–H groups in total. The third kappa shape index (κ3) is 5.39. The molecule has 0 saturated carbocycles. The van der Waals surface area contributed by atoms with Crippen LogP contribution in [0.1, 0.15) is 52.5 Å². The van der Waals surface area contributed by atoms with Crippen LogP contribution in [-0.4, -0.2) is 20.2 Å². The van der Waals surface area contributed by atoms with Gasteiger partial charge in [-0.1, -0.05) is 57.3 Å². The Hall–Kier alpha value is -1.70. The fourth-order valence-corrected chi connectivity index (χ4v) is 4.55. The van der Waals surface area contributed by atoms with Crippen LogP contribution in [-0.2, 0) is 4.74 Å². The Balaban J connectivity index is 2.38. The smallest absolute Gasteiger partial charge is 0.188 e. The van der Waals surface area contributed by atoms with Gasteiger partial charge in [0, 0.05) is 23.9 Å². The van der Waals surface area contributed by atoms with Crippen molar-refractivity contribution in [2.24, 2.45) is 0 Å². The van der Waals surface area contributed by atoms with E-state index in [1.54, 1.807) is 7.11 Å². The summed E-state index contributed by atoms with van der Waals surface area (Å²) in [5.41, 5.74) is 4.66. The van der Waals surface area contributed by atoms with E-state index >= 15 is 0 Å². The van der Waals surface area contributed by atoms with Crippen LogP contribution in [0.25, 0.3) is 0 Å². The van der Waals surface area contributed by atoms with Gasteiger partial charge in [-0.25, -0.2) is 0 Å². The minimum Gasteiger partial charge on any atom is -0.467 e. The lowest BCUT2D eigenvalue weighted by Gasteiger charge is -2.22. The van der Waals surface area contributed by atoms with E-state index in [4.69, 9.17) is 9.47 Å². The molecule has 0 amide bonds. The average molecular weight is 358 g/mol. The molecule has 0 aliphatic carbocycles. The molecule has 4 heteroatoms. The van der Waals surface area contributed by atoms with Crippen molar-refractivity contribution in [3.05, 3.63) is 58.7 Å². The van der Waals surface area contributed by atoms with Gasteiger partial charge in [0.25, 0.3) is 0 Å². The maximum Gasteiger partial charge on any atom is 0.188 e. The lowest BCUT2D eigenvalue weighted by atomic mass is 10.0. The number of methoxy groups -OCH3 is 1. The summed E-state index contributed by atoms with van der Waals surface area (Å²) >= 11 is 0. The van der Waals surface area contributed by atoms with Crippen molar-refractivity contribution in [1.29, 1.82) is 0 Å². The lowest BCUT2D eigenvalue weighted by Crippen LogP contribution is -2.09. The van der Waals surface area contributed by atoms with E-state index in [0.717, 1.165) is 41.3 Å². The van der Waals surface area contributed by atoms with E-state index in [2.05, 4.69) is 38.1 Å². The normalized spacial score (nSPS) is 12.5. The largest absolute Gasteiger partial charge is 0.467 e. The predicted molar refractivity (Wildman–Crippen MR) is 106 cm³/mol. The van der Waals surface area contributed by atoms with E-state index in [9.17, 15) is 4.79 Å². The number of carbonyl (C=O) groups excluding carboxylic acids is 1. The zero-order chi connectivity index (χ0) is 18.2. The standard InChI is InChI=1S/C21H27O3P/c1-5-6-21(25-20-10-8-15(2)11-17(20)13-22)18-12-16(3)7-9-19(18)24-14-23-4/h7-13,21,25H,5-6,14H2,1-4H3. The number of carbonyl (C=O) groups is 1. The fourth-order valence-electron chi connectivity index (χ4n) is 2.89. The molecule has 0 fully saturated rings. The minimum absolute atomic E-state index is 0.238. The zero-order valence-electron chi connectivity index (χ0n) is 15.5. The first-order valence-corrected chi connectivity index (χ1v) is 9.71. The topological polar surface area (TPSA) is 35.5 Å². The van der Waals surface area contributed by atoms with E-state index in [1.165, 1.54) is 11.1 Å². The molecule has 2 unspecified atom stereocenters. The summed E-state index contributed by atoms with van der Waals surface area (Å²) < 4.78 is 10.9. The highest BCUT2D eigenvalue weighted by atomic mass is 31.1. The van der Waals surface area contributed by atoms with Gasteiger partial charge in [0.15, 0.2) is 13.1 Å². The molecule has 0 aliphatic heterocycles. The molecule has 0 bridgehead atoms. The highest BCUT2D eigenvalue weighted by Gasteiger charge is 2.18. The van der Waals surface area contributed by atoms with E-state index < -0.39 is 0 Å². The SMILES string of the molecule is CCCC(Pc1ccc(C)cc1C=O)c1cc(C)ccc1OCOC. The molecule has 2 aromatic carbocycles. The molecule has 0 heterocycles. The number of aldehydes is 1. The van der Waals surface area contributed by atoms with Gasteiger partial charge < -0.3 is 9.47 Å². The molecule has 25 heavy (non-hydrogen) atoms. The van der Waals surface area contributed by atoms with Crippen LogP contribution < -0.4 is 10.0 Å². The van der Waals surface area contributed by atoms with Crippen LogP contribution >= 0.6 is 8.58 Å². The van der Waals surface area contributed by atoms with Gasteiger partial charge in [-0.05, 0) is 37.7 Å². The van der Waals surface area contributed by atoms with Crippen molar-refractivity contribution in [2.75, 3.05) is 13.9 Å². The van der Waals surface area contributed by atoms with Crippen LogP contribution in [0, 0.1) is 13.8 Å². The van der Waals surface area contributed by atoms with Gasteiger partial charge in [-0.2, -0.15) is 0 Å². The summed E-state index contributed by atoms with van der Waals surface area (Å²) in [5.74, 6) is 0.873. The second kappa shape index (κ2) is 9.70. The quantitative estimate of drug-likeness (QED) is 0.362. The van der Waals surface area contributed by atoms with Crippen LogP contribution in [0.5, 0.6) is 5.75 Å². The molecule has 2 aromatic rings. The molecule has 134 valence electrons. The summed E-state index contributed by atoms with van der Waals surface area (Å²) in [6, 6.07) is 12.4. The second-order valence-corrected chi connectivity index (χ2v) is 7.81.